The fourth-order valence-corrected chi connectivity index (χ4v) is 1.20. The Kier molecular flexibility index (Phi) is 2.07. The second kappa shape index (κ2) is 3.19. The Hall–Kier alpha value is -2.12. The SMILES string of the molecule is O=C(O)c1nnc2ccc(C(F)(F)F)cn12. The fourth-order valence-electron chi connectivity index (χ4n) is 1.20. The Balaban J connectivity index is 2.68. The third kappa shape index (κ3) is 1.58. The lowest BCUT2D eigenvalue weighted by atomic mass is 10.3. The zero-order valence-electron chi connectivity index (χ0n) is 7.56. The molecule has 84 valence electrons. The number of aromatic nitrogens is 3. The first-order valence-electron chi connectivity index (χ1n) is 4.05. The molecule has 0 unspecified atom stereocenters. The van der Waals surface area contributed by atoms with Gasteiger partial charge in [-0.05, 0) is 12.1 Å². The summed E-state index contributed by atoms with van der Waals surface area (Å²) < 4.78 is 37.8. The van der Waals surface area contributed by atoms with E-state index >= 15 is 0 Å². The van der Waals surface area contributed by atoms with Crippen LogP contribution in [0.1, 0.15) is 16.2 Å². The molecule has 8 heteroatoms. The van der Waals surface area contributed by atoms with Crippen LogP contribution >= 0.6 is 0 Å². The highest BCUT2D eigenvalue weighted by molar-refractivity contribution is 5.84. The number of pyridine rings is 1. The van der Waals surface area contributed by atoms with Gasteiger partial charge in [-0.15, -0.1) is 10.2 Å². The largest absolute Gasteiger partial charge is 0.475 e. The first kappa shape index (κ1) is 10.4. The van der Waals surface area contributed by atoms with Crippen LogP contribution in [0.2, 0.25) is 0 Å². The standard InChI is InChI=1S/C8H4F3N3O2/c9-8(10,11)4-1-2-5-12-13-6(7(15)16)14(5)3-4/h1-3H,(H,15,16). The van der Waals surface area contributed by atoms with Crippen LogP contribution in [0.4, 0.5) is 13.2 Å². The minimum absolute atomic E-state index is 0.0467. The topological polar surface area (TPSA) is 67.5 Å². The van der Waals surface area contributed by atoms with Gasteiger partial charge in [0.15, 0.2) is 5.65 Å². The van der Waals surface area contributed by atoms with Gasteiger partial charge in [-0.2, -0.15) is 13.2 Å². The average molecular weight is 231 g/mol. The molecular weight excluding hydrogens is 227 g/mol. The molecule has 0 amide bonds. The molecule has 0 aliphatic carbocycles. The number of alkyl halides is 3. The molecule has 0 aliphatic heterocycles. The third-order valence-corrected chi connectivity index (χ3v) is 1.92. The third-order valence-electron chi connectivity index (χ3n) is 1.92. The van der Waals surface area contributed by atoms with Crippen molar-refractivity contribution in [2.45, 2.75) is 6.18 Å². The quantitative estimate of drug-likeness (QED) is 0.806. The number of nitrogens with zero attached hydrogens (tertiary/aromatic N) is 3. The van der Waals surface area contributed by atoms with Crippen molar-refractivity contribution in [3.05, 3.63) is 29.7 Å². The van der Waals surface area contributed by atoms with E-state index in [1.165, 1.54) is 0 Å². The van der Waals surface area contributed by atoms with Crippen molar-refractivity contribution in [1.29, 1.82) is 0 Å². The predicted molar refractivity (Wildman–Crippen MR) is 44.9 cm³/mol. The monoisotopic (exact) mass is 231 g/mol. The van der Waals surface area contributed by atoms with Crippen molar-refractivity contribution in [3.63, 3.8) is 0 Å². The number of halogens is 3. The van der Waals surface area contributed by atoms with E-state index in [9.17, 15) is 18.0 Å². The predicted octanol–water partition coefficient (Wildman–Crippen LogP) is 1.45. The summed E-state index contributed by atoms with van der Waals surface area (Å²) in [5.74, 6) is -1.99. The Morgan fingerprint density at radius 2 is 2.00 bits per heavy atom. The highest BCUT2D eigenvalue weighted by atomic mass is 19.4. The maximum absolute atomic E-state index is 12.4. The van der Waals surface area contributed by atoms with Crippen molar-refractivity contribution in [3.8, 4) is 0 Å². The van der Waals surface area contributed by atoms with Crippen LogP contribution in [0, 0.1) is 0 Å². The number of carboxylic acid groups (broad SMARTS) is 1. The Morgan fingerprint density at radius 3 is 2.56 bits per heavy atom. The molecule has 0 radical (unpaired) electrons. The van der Waals surface area contributed by atoms with Gasteiger partial charge in [0.25, 0.3) is 0 Å². The van der Waals surface area contributed by atoms with Crippen molar-refractivity contribution >= 4 is 11.6 Å². The number of carboxylic acids is 1. The minimum atomic E-state index is -4.53. The number of fused-ring (bicyclic) bond motifs is 1. The Labute approximate surface area is 86.1 Å². The summed E-state index contributed by atoms with van der Waals surface area (Å²) in [5, 5.41) is 15.4. The fraction of sp³-hybridized carbons (Fsp3) is 0.125. The lowest BCUT2D eigenvalue weighted by Crippen LogP contribution is -2.09. The van der Waals surface area contributed by atoms with Crippen molar-refractivity contribution < 1.29 is 23.1 Å². The van der Waals surface area contributed by atoms with E-state index in [1.54, 1.807) is 0 Å². The molecule has 2 heterocycles. The lowest BCUT2D eigenvalue weighted by Gasteiger charge is -2.06. The molecule has 0 fully saturated rings. The molecule has 0 atom stereocenters. The van der Waals surface area contributed by atoms with Crippen molar-refractivity contribution in [2.24, 2.45) is 0 Å². The Morgan fingerprint density at radius 1 is 1.31 bits per heavy atom. The van der Waals surface area contributed by atoms with Gasteiger partial charge in [0.05, 0.1) is 5.56 Å². The van der Waals surface area contributed by atoms with Crippen LogP contribution in [-0.2, 0) is 6.18 Å². The molecule has 0 saturated heterocycles. The maximum atomic E-state index is 12.4. The lowest BCUT2D eigenvalue weighted by molar-refractivity contribution is -0.137. The summed E-state index contributed by atoms with van der Waals surface area (Å²) in [5.41, 5.74) is -0.910. The van der Waals surface area contributed by atoms with Crippen LogP contribution in [0.3, 0.4) is 0 Å². The zero-order valence-corrected chi connectivity index (χ0v) is 7.56. The molecular formula is C8H4F3N3O2. The molecule has 0 spiro atoms. The van der Waals surface area contributed by atoms with Gasteiger partial charge in [0, 0.05) is 6.20 Å². The second-order valence-corrected chi connectivity index (χ2v) is 2.97. The van der Waals surface area contributed by atoms with E-state index in [4.69, 9.17) is 5.11 Å². The summed E-state index contributed by atoms with van der Waals surface area (Å²) in [4.78, 5) is 10.6. The van der Waals surface area contributed by atoms with E-state index in [1.807, 2.05) is 0 Å². The van der Waals surface area contributed by atoms with Gasteiger partial charge in [0.2, 0.25) is 5.82 Å². The minimum Gasteiger partial charge on any atom is -0.475 e. The van der Waals surface area contributed by atoms with E-state index in [0.29, 0.717) is 6.20 Å². The normalized spacial score (nSPS) is 11.9. The second-order valence-electron chi connectivity index (χ2n) is 2.97. The van der Waals surface area contributed by atoms with Crippen LogP contribution in [0.15, 0.2) is 18.3 Å². The van der Waals surface area contributed by atoms with E-state index in [-0.39, 0.29) is 5.65 Å². The highest BCUT2D eigenvalue weighted by Crippen LogP contribution is 2.29. The molecule has 5 nitrogen and oxygen atoms in total. The zero-order chi connectivity index (χ0) is 11.9. The number of rotatable bonds is 1. The first-order chi connectivity index (χ1) is 7.39. The number of hydrogen-bond acceptors (Lipinski definition) is 3. The van der Waals surface area contributed by atoms with E-state index in [2.05, 4.69) is 10.2 Å². The highest BCUT2D eigenvalue weighted by Gasteiger charge is 2.31. The number of carbonyl (C=O) groups is 1. The first-order valence-corrected chi connectivity index (χ1v) is 4.05. The average Bonchev–Trinajstić information content (AvgIpc) is 2.58. The van der Waals surface area contributed by atoms with Gasteiger partial charge >= 0.3 is 12.1 Å². The molecule has 1 N–H and O–H groups in total. The molecule has 0 bridgehead atoms. The van der Waals surface area contributed by atoms with Crippen LogP contribution in [-0.4, -0.2) is 25.7 Å². The summed E-state index contributed by atoms with van der Waals surface area (Å²) in [7, 11) is 0. The number of hydrogen-bond donors (Lipinski definition) is 1. The summed E-state index contributed by atoms with van der Waals surface area (Å²) in [6, 6.07) is 1.87. The maximum Gasteiger partial charge on any atom is 0.417 e. The van der Waals surface area contributed by atoms with Crippen LogP contribution < -0.4 is 0 Å². The van der Waals surface area contributed by atoms with Gasteiger partial charge in [-0.25, -0.2) is 4.79 Å². The van der Waals surface area contributed by atoms with Crippen LogP contribution in [0.25, 0.3) is 5.65 Å². The van der Waals surface area contributed by atoms with Gasteiger partial charge in [0.1, 0.15) is 0 Å². The molecule has 2 aromatic rings. The van der Waals surface area contributed by atoms with Gasteiger partial charge < -0.3 is 5.11 Å². The van der Waals surface area contributed by atoms with E-state index in [0.717, 1.165) is 16.5 Å². The van der Waals surface area contributed by atoms with Crippen molar-refractivity contribution in [2.75, 3.05) is 0 Å². The molecule has 0 aromatic carbocycles. The number of aromatic carboxylic acids is 1. The van der Waals surface area contributed by atoms with E-state index < -0.39 is 23.5 Å². The van der Waals surface area contributed by atoms with Gasteiger partial charge in [-0.1, -0.05) is 0 Å². The smallest absolute Gasteiger partial charge is 0.417 e. The summed E-state index contributed by atoms with van der Waals surface area (Å²) in [6.07, 6.45) is -3.88. The summed E-state index contributed by atoms with van der Waals surface area (Å²) in [6.45, 7) is 0. The molecule has 16 heavy (non-hydrogen) atoms. The Bertz CT molecular complexity index is 561. The van der Waals surface area contributed by atoms with Gasteiger partial charge in [-0.3, -0.25) is 4.40 Å². The molecule has 0 saturated carbocycles. The molecule has 0 aliphatic rings. The molecule has 2 aromatic heterocycles. The molecule has 2 rings (SSSR count). The van der Waals surface area contributed by atoms with Crippen molar-refractivity contribution in [1.82, 2.24) is 14.6 Å². The van der Waals surface area contributed by atoms with Crippen LogP contribution in [0.5, 0.6) is 0 Å². The summed E-state index contributed by atoms with van der Waals surface area (Å²) >= 11 is 0.